The molecule has 3 nitrogen and oxygen atoms in total. The summed E-state index contributed by atoms with van der Waals surface area (Å²) in [7, 11) is 0. The third-order valence-corrected chi connectivity index (χ3v) is 3.93. The minimum atomic E-state index is 0.271. The Balaban J connectivity index is 1.91. The van der Waals surface area contributed by atoms with E-state index in [1.165, 1.54) is 24.2 Å². The van der Waals surface area contributed by atoms with E-state index in [0.29, 0.717) is 6.04 Å². The van der Waals surface area contributed by atoms with Crippen molar-refractivity contribution in [2.24, 2.45) is 5.73 Å². The van der Waals surface area contributed by atoms with E-state index in [2.05, 4.69) is 11.5 Å². The Morgan fingerprint density at radius 1 is 1.47 bits per heavy atom. The molecule has 0 bridgehead atoms. The van der Waals surface area contributed by atoms with E-state index in [1.807, 2.05) is 18.2 Å². The quantitative estimate of drug-likeness (QED) is 0.906. The summed E-state index contributed by atoms with van der Waals surface area (Å²) in [5, 5.41) is 0.788. The molecule has 1 aliphatic rings. The summed E-state index contributed by atoms with van der Waals surface area (Å²) in [5.74, 6) is 1.19. The summed E-state index contributed by atoms with van der Waals surface area (Å²) >= 11 is 6.11. The van der Waals surface area contributed by atoms with Gasteiger partial charge in [-0.25, -0.2) is 4.98 Å². The molecule has 2 N–H and O–H groups in total. The third-order valence-electron chi connectivity index (χ3n) is 3.70. The van der Waals surface area contributed by atoms with Crippen molar-refractivity contribution in [2.45, 2.75) is 51.1 Å². The number of aromatic nitrogens is 2. The molecule has 1 aliphatic carbocycles. The predicted octanol–water partition coefficient (Wildman–Crippen LogP) is 3.69. The maximum absolute atomic E-state index is 6.11. The van der Waals surface area contributed by atoms with Gasteiger partial charge in [0.25, 0.3) is 0 Å². The molecule has 4 heteroatoms. The van der Waals surface area contributed by atoms with Crippen LogP contribution in [-0.4, -0.2) is 15.6 Å². The van der Waals surface area contributed by atoms with Crippen molar-refractivity contribution >= 4 is 22.6 Å². The van der Waals surface area contributed by atoms with Crippen LogP contribution in [0.4, 0.5) is 0 Å². The zero-order valence-electron chi connectivity index (χ0n) is 11.3. The number of imidazole rings is 1. The zero-order valence-corrected chi connectivity index (χ0v) is 12.0. The van der Waals surface area contributed by atoms with E-state index in [0.717, 1.165) is 29.8 Å². The first kappa shape index (κ1) is 12.9. The molecule has 1 heterocycles. The van der Waals surface area contributed by atoms with Gasteiger partial charge in [-0.05, 0) is 50.8 Å². The van der Waals surface area contributed by atoms with E-state index in [1.54, 1.807) is 0 Å². The largest absolute Gasteiger partial charge is 0.328 e. The monoisotopic (exact) mass is 277 g/mol. The summed E-state index contributed by atoms with van der Waals surface area (Å²) in [6.45, 7) is 2.06. The van der Waals surface area contributed by atoms with Crippen LogP contribution in [0.1, 0.15) is 44.5 Å². The number of hydrogen-bond donors (Lipinski definition) is 1. The van der Waals surface area contributed by atoms with E-state index in [-0.39, 0.29) is 6.04 Å². The number of rotatable bonds is 5. The maximum atomic E-state index is 6.11. The molecular formula is C15H20ClN3. The van der Waals surface area contributed by atoms with Crippen molar-refractivity contribution < 1.29 is 0 Å². The smallest absolute Gasteiger partial charge is 0.110 e. The number of fused-ring (bicyclic) bond motifs is 1. The molecule has 1 saturated carbocycles. The van der Waals surface area contributed by atoms with Gasteiger partial charge >= 0.3 is 0 Å². The second-order valence-corrected chi connectivity index (χ2v) is 6.07. The molecule has 0 spiro atoms. The molecule has 1 fully saturated rings. The molecule has 0 radical (unpaired) electrons. The van der Waals surface area contributed by atoms with Gasteiger partial charge in [-0.3, -0.25) is 0 Å². The van der Waals surface area contributed by atoms with Crippen molar-refractivity contribution in [3.8, 4) is 0 Å². The molecule has 1 aromatic carbocycles. The lowest BCUT2D eigenvalue weighted by Gasteiger charge is -2.08. The highest BCUT2D eigenvalue weighted by atomic mass is 35.5. The van der Waals surface area contributed by atoms with Crippen LogP contribution in [-0.2, 0) is 6.42 Å². The predicted molar refractivity (Wildman–Crippen MR) is 79.6 cm³/mol. The first-order chi connectivity index (χ1) is 9.15. The summed E-state index contributed by atoms with van der Waals surface area (Å²) in [5.41, 5.74) is 8.07. The van der Waals surface area contributed by atoms with Crippen LogP contribution in [0, 0.1) is 0 Å². The average molecular weight is 278 g/mol. The lowest BCUT2D eigenvalue weighted by Crippen LogP contribution is -2.15. The zero-order chi connectivity index (χ0) is 13.4. The summed E-state index contributed by atoms with van der Waals surface area (Å²) < 4.78 is 2.39. The fourth-order valence-corrected chi connectivity index (χ4v) is 2.78. The van der Waals surface area contributed by atoms with Crippen LogP contribution in [0.15, 0.2) is 18.2 Å². The molecule has 0 saturated heterocycles. The Morgan fingerprint density at radius 2 is 2.26 bits per heavy atom. The number of halogens is 1. The van der Waals surface area contributed by atoms with Gasteiger partial charge in [0.15, 0.2) is 0 Å². The van der Waals surface area contributed by atoms with E-state index >= 15 is 0 Å². The van der Waals surface area contributed by atoms with Crippen LogP contribution in [0.25, 0.3) is 11.0 Å². The Labute approximate surface area is 118 Å². The minimum absolute atomic E-state index is 0.271. The molecule has 2 aromatic rings. The fraction of sp³-hybridized carbons (Fsp3) is 0.533. The molecule has 1 atom stereocenters. The van der Waals surface area contributed by atoms with Gasteiger partial charge < -0.3 is 10.3 Å². The van der Waals surface area contributed by atoms with Gasteiger partial charge in [-0.1, -0.05) is 11.6 Å². The van der Waals surface area contributed by atoms with Gasteiger partial charge in [0.1, 0.15) is 5.82 Å². The van der Waals surface area contributed by atoms with Crippen LogP contribution in [0.3, 0.4) is 0 Å². The molecular weight excluding hydrogens is 258 g/mol. The van der Waals surface area contributed by atoms with Gasteiger partial charge in [0, 0.05) is 23.5 Å². The maximum Gasteiger partial charge on any atom is 0.110 e. The summed E-state index contributed by atoms with van der Waals surface area (Å²) in [6.07, 6.45) is 5.68. The molecule has 102 valence electrons. The Hall–Kier alpha value is -1.06. The minimum Gasteiger partial charge on any atom is -0.328 e. The van der Waals surface area contributed by atoms with E-state index in [9.17, 15) is 0 Å². The van der Waals surface area contributed by atoms with Crippen molar-refractivity contribution in [3.05, 3.63) is 29.0 Å². The first-order valence-electron chi connectivity index (χ1n) is 7.07. The third kappa shape index (κ3) is 2.77. The molecule has 0 aliphatic heterocycles. The number of nitrogens with two attached hydrogens (primary N) is 1. The number of nitrogens with zero attached hydrogens (tertiary/aromatic N) is 2. The van der Waals surface area contributed by atoms with E-state index < -0.39 is 0 Å². The molecule has 19 heavy (non-hydrogen) atoms. The van der Waals surface area contributed by atoms with Crippen molar-refractivity contribution in [1.29, 1.82) is 0 Å². The fourth-order valence-electron chi connectivity index (χ4n) is 2.61. The molecule has 1 unspecified atom stereocenters. The second-order valence-electron chi connectivity index (χ2n) is 5.63. The Bertz CT molecular complexity index is 584. The highest BCUT2D eigenvalue weighted by molar-refractivity contribution is 6.31. The van der Waals surface area contributed by atoms with Crippen LogP contribution in [0.2, 0.25) is 5.02 Å². The Kier molecular flexibility index (Phi) is 3.50. The van der Waals surface area contributed by atoms with Crippen LogP contribution >= 0.6 is 11.6 Å². The van der Waals surface area contributed by atoms with Gasteiger partial charge in [-0.2, -0.15) is 0 Å². The van der Waals surface area contributed by atoms with Crippen LogP contribution in [0.5, 0.6) is 0 Å². The number of hydrogen-bond acceptors (Lipinski definition) is 2. The van der Waals surface area contributed by atoms with Crippen LogP contribution < -0.4 is 5.73 Å². The molecule has 1 aromatic heterocycles. The number of benzene rings is 1. The number of aryl methyl sites for hydroxylation is 1. The highest BCUT2D eigenvalue weighted by Crippen LogP contribution is 2.39. The van der Waals surface area contributed by atoms with Crippen molar-refractivity contribution in [2.75, 3.05) is 0 Å². The lowest BCUT2D eigenvalue weighted by atomic mass is 10.1. The standard InChI is InChI=1S/C15H20ClN3/c1-10(17)3-2-4-15-18-13-8-5-11(16)9-14(13)19(15)12-6-7-12/h5,8-10,12H,2-4,6-7,17H2,1H3. The van der Waals surface area contributed by atoms with E-state index in [4.69, 9.17) is 22.3 Å². The van der Waals surface area contributed by atoms with Gasteiger partial charge in [0.05, 0.1) is 11.0 Å². The second kappa shape index (κ2) is 5.14. The SMILES string of the molecule is CC(N)CCCc1nc2ccc(Cl)cc2n1C1CC1. The topological polar surface area (TPSA) is 43.8 Å². The first-order valence-corrected chi connectivity index (χ1v) is 7.45. The lowest BCUT2D eigenvalue weighted by molar-refractivity contribution is 0.595. The summed E-state index contributed by atoms with van der Waals surface area (Å²) in [6, 6.07) is 6.88. The summed E-state index contributed by atoms with van der Waals surface area (Å²) in [4.78, 5) is 4.78. The van der Waals surface area contributed by atoms with Crippen molar-refractivity contribution in [3.63, 3.8) is 0 Å². The van der Waals surface area contributed by atoms with Crippen molar-refractivity contribution in [1.82, 2.24) is 9.55 Å². The normalized spacial score (nSPS) is 17.0. The van der Waals surface area contributed by atoms with Gasteiger partial charge in [0.2, 0.25) is 0 Å². The highest BCUT2D eigenvalue weighted by Gasteiger charge is 2.27. The molecule has 0 amide bonds. The molecule has 3 rings (SSSR count). The Morgan fingerprint density at radius 3 is 2.95 bits per heavy atom. The van der Waals surface area contributed by atoms with Gasteiger partial charge in [-0.15, -0.1) is 0 Å². The average Bonchev–Trinajstić information content (AvgIpc) is 3.11.